The second-order valence-corrected chi connectivity index (χ2v) is 4.87. The molecule has 0 bridgehead atoms. The maximum atomic E-state index is 12.1. The van der Waals surface area contributed by atoms with Crippen LogP contribution in [0.5, 0.6) is 5.75 Å². The SMILES string of the molecule is CCCCc1ccc(-c2ccc(OC(F)(F)F)cc2)cc1. The van der Waals surface area contributed by atoms with E-state index >= 15 is 0 Å². The number of aryl methyl sites for hydroxylation is 1. The molecule has 21 heavy (non-hydrogen) atoms. The van der Waals surface area contributed by atoms with Gasteiger partial charge < -0.3 is 4.74 Å². The van der Waals surface area contributed by atoms with Gasteiger partial charge in [-0.3, -0.25) is 0 Å². The fraction of sp³-hybridized carbons (Fsp3) is 0.294. The molecule has 0 spiro atoms. The first kappa shape index (κ1) is 15.4. The zero-order chi connectivity index (χ0) is 15.3. The Morgan fingerprint density at radius 2 is 1.38 bits per heavy atom. The first-order valence-electron chi connectivity index (χ1n) is 6.93. The normalized spacial score (nSPS) is 11.4. The quantitative estimate of drug-likeness (QED) is 0.698. The molecule has 0 radical (unpaired) electrons. The van der Waals surface area contributed by atoms with E-state index in [1.165, 1.54) is 17.7 Å². The summed E-state index contributed by atoms with van der Waals surface area (Å²) in [4.78, 5) is 0. The van der Waals surface area contributed by atoms with Crippen LogP contribution in [0.3, 0.4) is 0 Å². The number of alkyl halides is 3. The van der Waals surface area contributed by atoms with E-state index in [-0.39, 0.29) is 5.75 Å². The smallest absolute Gasteiger partial charge is 0.406 e. The summed E-state index contributed by atoms with van der Waals surface area (Å²) in [6, 6.07) is 14.0. The van der Waals surface area contributed by atoms with Gasteiger partial charge in [-0.1, -0.05) is 49.7 Å². The third-order valence-electron chi connectivity index (χ3n) is 3.19. The maximum absolute atomic E-state index is 12.1. The van der Waals surface area contributed by atoms with Gasteiger partial charge in [0.15, 0.2) is 0 Å². The lowest BCUT2D eigenvalue weighted by atomic mass is 10.0. The van der Waals surface area contributed by atoms with Gasteiger partial charge >= 0.3 is 6.36 Å². The molecule has 0 unspecified atom stereocenters. The molecule has 2 aromatic rings. The van der Waals surface area contributed by atoms with Crippen LogP contribution in [-0.2, 0) is 6.42 Å². The molecule has 0 heterocycles. The fourth-order valence-corrected chi connectivity index (χ4v) is 2.09. The van der Waals surface area contributed by atoms with Crippen molar-refractivity contribution in [2.45, 2.75) is 32.5 Å². The van der Waals surface area contributed by atoms with Crippen LogP contribution >= 0.6 is 0 Å². The van der Waals surface area contributed by atoms with Crippen molar-refractivity contribution in [3.05, 3.63) is 54.1 Å². The van der Waals surface area contributed by atoms with Gasteiger partial charge in [0.1, 0.15) is 5.75 Å². The van der Waals surface area contributed by atoms with E-state index < -0.39 is 6.36 Å². The fourth-order valence-electron chi connectivity index (χ4n) is 2.09. The molecule has 112 valence electrons. The Hall–Kier alpha value is -1.97. The van der Waals surface area contributed by atoms with Gasteiger partial charge in [-0.2, -0.15) is 0 Å². The van der Waals surface area contributed by atoms with E-state index in [0.29, 0.717) is 0 Å². The minimum absolute atomic E-state index is 0.203. The summed E-state index contributed by atoms with van der Waals surface area (Å²) in [7, 11) is 0. The molecule has 0 aliphatic rings. The molecule has 0 aromatic heterocycles. The predicted molar refractivity (Wildman–Crippen MR) is 77.2 cm³/mol. The van der Waals surface area contributed by atoms with E-state index in [2.05, 4.69) is 23.8 Å². The van der Waals surface area contributed by atoms with Crippen molar-refractivity contribution in [2.24, 2.45) is 0 Å². The predicted octanol–water partition coefficient (Wildman–Crippen LogP) is 5.59. The lowest BCUT2D eigenvalue weighted by Gasteiger charge is -2.09. The van der Waals surface area contributed by atoms with Crippen LogP contribution < -0.4 is 4.74 Å². The van der Waals surface area contributed by atoms with Crippen LogP contribution in [0, 0.1) is 0 Å². The number of hydrogen-bond donors (Lipinski definition) is 0. The number of rotatable bonds is 5. The second kappa shape index (κ2) is 6.66. The molecule has 1 nitrogen and oxygen atoms in total. The summed E-state index contributed by atoms with van der Waals surface area (Å²) in [5, 5.41) is 0. The van der Waals surface area contributed by atoms with Crippen LogP contribution in [-0.4, -0.2) is 6.36 Å². The highest BCUT2D eigenvalue weighted by molar-refractivity contribution is 5.64. The van der Waals surface area contributed by atoms with Crippen molar-refractivity contribution in [3.63, 3.8) is 0 Å². The Bertz CT molecular complexity index is 556. The molecular formula is C17H17F3O. The minimum Gasteiger partial charge on any atom is -0.406 e. The van der Waals surface area contributed by atoms with Crippen LogP contribution in [0.1, 0.15) is 25.3 Å². The summed E-state index contributed by atoms with van der Waals surface area (Å²) in [6.07, 6.45) is -1.29. The molecule has 2 rings (SSSR count). The van der Waals surface area contributed by atoms with Gasteiger partial charge in [-0.05, 0) is 41.7 Å². The molecule has 4 heteroatoms. The monoisotopic (exact) mass is 294 g/mol. The Morgan fingerprint density at radius 3 is 1.86 bits per heavy atom. The topological polar surface area (TPSA) is 9.23 Å². The zero-order valence-corrected chi connectivity index (χ0v) is 11.8. The number of halogens is 3. The van der Waals surface area contributed by atoms with Crippen molar-refractivity contribution in [2.75, 3.05) is 0 Å². The standard InChI is InChI=1S/C17H17F3O/c1-2-3-4-13-5-7-14(8-6-13)15-9-11-16(12-10-15)21-17(18,19)20/h5-12H,2-4H2,1H3. The minimum atomic E-state index is -4.65. The van der Waals surface area contributed by atoms with Crippen molar-refractivity contribution in [3.8, 4) is 16.9 Å². The molecule has 0 N–H and O–H groups in total. The lowest BCUT2D eigenvalue weighted by molar-refractivity contribution is -0.274. The summed E-state index contributed by atoms with van der Waals surface area (Å²) in [5.41, 5.74) is 3.12. The molecule has 0 amide bonds. The lowest BCUT2D eigenvalue weighted by Crippen LogP contribution is -2.16. The van der Waals surface area contributed by atoms with Crippen molar-refractivity contribution >= 4 is 0 Å². The number of hydrogen-bond acceptors (Lipinski definition) is 1. The van der Waals surface area contributed by atoms with Crippen LogP contribution in [0.2, 0.25) is 0 Å². The van der Waals surface area contributed by atoms with E-state index in [9.17, 15) is 13.2 Å². The van der Waals surface area contributed by atoms with Gasteiger partial charge in [0, 0.05) is 0 Å². The Morgan fingerprint density at radius 1 is 0.857 bits per heavy atom. The van der Waals surface area contributed by atoms with Crippen molar-refractivity contribution in [1.29, 1.82) is 0 Å². The van der Waals surface area contributed by atoms with E-state index in [1.54, 1.807) is 12.1 Å². The molecule has 0 saturated heterocycles. The second-order valence-electron chi connectivity index (χ2n) is 4.87. The third kappa shape index (κ3) is 4.81. The molecule has 0 aliphatic carbocycles. The van der Waals surface area contributed by atoms with E-state index in [4.69, 9.17) is 0 Å². The first-order chi connectivity index (χ1) is 9.98. The molecule has 0 atom stereocenters. The van der Waals surface area contributed by atoms with Gasteiger partial charge in [0.05, 0.1) is 0 Å². The zero-order valence-electron chi connectivity index (χ0n) is 11.8. The van der Waals surface area contributed by atoms with Crippen LogP contribution in [0.4, 0.5) is 13.2 Å². The average Bonchev–Trinajstić information content (AvgIpc) is 2.45. The highest BCUT2D eigenvalue weighted by Crippen LogP contribution is 2.26. The van der Waals surface area contributed by atoms with Gasteiger partial charge in [-0.15, -0.1) is 13.2 Å². The Kier molecular flexibility index (Phi) is 4.89. The molecule has 0 saturated carbocycles. The highest BCUT2D eigenvalue weighted by Gasteiger charge is 2.30. The summed E-state index contributed by atoms with van der Waals surface area (Å²) in [6.45, 7) is 2.15. The van der Waals surface area contributed by atoms with E-state index in [0.717, 1.165) is 30.4 Å². The largest absolute Gasteiger partial charge is 0.573 e. The number of ether oxygens (including phenoxy) is 1. The van der Waals surface area contributed by atoms with Crippen LogP contribution in [0.25, 0.3) is 11.1 Å². The number of unbranched alkanes of at least 4 members (excludes halogenated alkanes) is 1. The Labute approximate surface area is 122 Å². The molecule has 0 aliphatic heterocycles. The Balaban J connectivity index is 2.08. The first-order valence-corrected chi connectivity index (χ1v) is 6.93. The maximum Gasteiger partial charge on any atom is 0.573 e. The summed E-state index contributed by atoms with van der Waals surface area (Å²) < 4.78 is 40.1. The van der Waals surface area contributed by atoms with Crippen molar-refractivity contribution in [1.82, 2.24) is 0 Å². The van der Waals surface area contributed by atoms with Crippen LogP contribution in [0.15, 0.2) is 48.5 Å². The molecule has 0 fully saturated rings. The highest BCUT2D eigenvalue weighted by atomic mass is 19.4. The summed E-state index contributed by atoms with van der Waals surface area (Å²) in [5.74, 6) is -0.203. The van der Waals surface area contributed by atoms with Gasteiger partial charge in [-0.25, -0.2) is 0 Å². The third-order valence-corrected chi connectivity index (χ3v) is 3.19. The van der Waals surface area contributed by atoms with Gasteiger partial charge in [0.25, 0.3) is 0 Å². The molecular weight excluding hydrogens is 277 g/mol. The van der Waals surface area contributed by atoms with Crippen molar-refractivity contribution < 1.29 is 17.9 Å². The number of benzene rings is 2. The average molecular weight is 294 g/mol. The van der Waals surface area contributed by atoms with E-state index in [1.807, 2.05) is 12.1 Å². The van der Waals surface area contributed by atoms with Gasteiger partial charge in [0.2, 0.25) is 0 Å². The molecule has 2 aromatic carbocycles. The summed E-state index contributed by atoms with van der Waals surface area (Å²) >= 11 is 0.